The number of rotatable bonds is 9. The van der Waals surface area contributed by atoms with Gasteiger partial charge in [0.25, 0.3) is 0 Å². The first-order valence-electron chi connectivity index (χ1n) is 8.56. The second-order valence-electron chi connectivity index (χ2n) is 7.04. The lowest BCUT2D eigenvalue weighted by atomic mass is 10.0. The van der Waals surface area contributed by atoms with Gasteiger partial charge in [0, 0.05) is 6.04 Å². The van der Waals surface area contributed by atoms with Gasteiger partial charge >= 0.3 is 5.97 Å². The zero-order chi connectivity index (χ0) is 20.1. The number of nitrogens with one attached hydrogen (secondary N) is 2. The molecule has 3 atom stereocenters. The summed E-state index contributed by atoms with van der Waals surface area (Å²) in [5.74, 6) is -2.28. The third-order valence-electron chi connectivity index (χ3n) is 4.16. The number of carboxylic acids is 1. The first kappa shape index (κ1) is 22.1. The lowest BCUT2D eigenvalue weighted by molar-refractivity contribution is -0.142. The van der Waals surface area contributed by atoms with Crippen molar-refractivity contribution in [1.82, 2.24) is 10.0 Å². The van der Waals surface area contributed by atoms with Crippen LogP contribution in [0.15, 0.2) is 29.2 Å². The minimum atomic E-state index is -3.87. The van der Waals surface area contributed by atoms with Gasteiger partial charge in [-0.15, -0.1) is 0 Å². The highest BCUT2D eigenvalue weighted by atomic mass is 32.2. The molecule has 1 aromatic carbocycles. The van der Waals surface area contributed by atoms with Gasteiger partial charge < -0.3 is 10.4 Å². The predicted molar refractivity (Wildman–Crippen MR) is 99.1 cm³/mol. The minimum Gasteiger partial charge on any atom is -0.481 e. The van der Waals surface area contributed by atoms with E-state index in [1.54, 1.807) is 19.1 Å². The first-order chi connectivity index (χ1) is 11.9. The molecule has 0 saturated carbocycles. The molecule has 0 aromatic heterocycles. The molecule has 0 saturated heterocycles. The van der Waals surface area contributed by atoms with Gasteiger partial charge in [0.1, 0.15) is 6.04 Å². The Balaban J connectivity index is 2.97. The monoisotopic (exact) mass is 384 g/mol. The maximum Gasteiger partial charge on any atom is 0.308 e. The number of benzene rings is 1. The fourth-order valence-corrected chi connectivity index (χ4v) is 3.52. The molecule has 0 aliphatic rings. The molecule has 26 heavy (non-hydrogen) atoms. The Morgan fingerprint density at radius 1 is 1.08 bits per heavy atom. The van der Waals surface area contributed by atoms with Gasteiger partial charge in [-0.25, -0.2) is 8.42 Å². The van der Waals surface area contributed by atoms with Crippen molar-refractivity contribution in [1.29, 1.82) is 0 Å². The summed E-state index contributed by atoms with van der Waals surface area (Å²) in [5, 5.41) is 11.6. The van der Waals surface area contributed by atoms with E-state index in [-0.39, 0.29) is 10.8 Å². The number of sulfonamides is 1. The second-order valence-corrected chi connectivity index (χ2v) is 8.75. The number of aliphatic carboxylic acids is 1. The highest BCUT2D eigenvalue weighted by molar-refractivity contribution is 7.89. The molecule has 146 valence electrons. The standard InChI is InChI=1S/C18H28N2O5S/c1-11(2)10-16(17(21)19-14(5)13(4)18(22)23)20-26(24,25)15-8-6-12(3)7-9-15/h6-9,11,13-14,16,20H,10H2,1-5H3,(H,19,21)(H,22,23). The zero-order valence-corrected chi connectivity index (χ0v) is 16.6. The van der Waals surface area contributed by atoms with Gasteiger partial charge in [-0.2, -0.15) is 4.72 Å². The van der Waals surface area contributed by atoms with Crippen LogP contribution in [0.3, 0.4) is 0 Å². The highest BCUT2D eigenvalue weighted by Crippen LogP contribution is 2.14. The number of amides is 1. The number of aryl methyl sites for hydroxylation is 1. The Morgan fingerprint density at radius 3 is 2.08 bits per heavy atom. The van der Waals surface area contributed by atoms with Crippen molar-refractivity contribution in [2.75, 3.05) is 0 Å². The number of carboxylic acid groups (broad SMARTS) is 1. The van der Waals surface area contributed by atoms with Crippen LogP contribution >= 0.6 is 0 Å². The largest absolute Gasteiger partial charge is 0.481 e. The summed E-state index contributed by atoms with van der Waals surface area (Å²) in [5.41, 5.74) is 0.928. The summed E-state index contributed by atoms with van der Waals surface area (Å²) in [4.78, 5) is 23.7. The molecule has 0 spiro atoms. The van der Waals surface area contributed by atoms with E-state index in [0.717, 1.165) is 5.56 Å². The Kier molecular flexibility index (Phi) is 7.77. The van der Waals surface area contributed by atoms with Gasteiger partial charge in [-0.05, 0) is 45.2 Å². The molecule has 8 heteroatoms. The summed E-state index contributed by atoms with van der Waals surface area (Å²) < 4.78 is 27.6. The molecule has 3 unspecified atom stereocenters. The molecule has 1 aromatic rings. The molecule has 0 radical (unpaired) electrons. The van der Waals surface area contributed by atoms with Crippen LogP contribution in [0.25, 0.3) is 0 Å². The Bertz CT molecular complexity index is 728. The molecule has 0 bridgehead atoms. The molecule has 0 aliphatic heterocycles. The van der Waals surface area contributed by atoms with Crippen molar-refractivity contribution in [3.05, 3.63) is 29.8 Å². The fraction of sp³-hybridized carbons (Fsp3) is 0.556. The summed E-state index contributed by atoms with van der Waals surface area (Å²) in [6.45, 7) is 8.68. The normalized spacial score (nSPS) is 15.3. The summed E-state index contributed by atoms with van der Waals surface area (Å²) in [7, 11) is -3.87. The van der Waals surface area contributed by atoms with Crippen LogP contribution in [0.4, 0.5) is 0 Å². The van der Waals surface area contributed by atoms with Crippen LogP contribution in [0.1, 0.15) is 39.7 Å². The summed E-state index contributed by atoms with van der Waals surface area (Å²) >= 11 is 0. The minimum absolute atomic E-state index is 0.0682. The Morgan fingerprint density at radius 2 is 1.62 bits per heavy atom. The van der Waals surface area contributed by atoms with Gasteiger partial charge in [-0.3, -0.25) is 9.59 Å². The van der Waals surface area contributed by atoms with Gasteiger partial charge in [0.05, 0.1) is 10.8 Å². The van der Waals surface area contributed by atoms with Gasteiger partial charge in [-0.1, -0.05) is 31.5 Å². The molecule has 0 heterocycles. The van der Waals surface area contributed by atoms with Crippen LogP contribution in [0.2, 0.25) is 0 Å². The third kappa shape index (κ3) is 6.42. The molecule has 0 aliphatic carbocycles. The zero-order valence-electron chi connectivity index (χ0n) is 15.8. The molecule has 7 nitrogen and oxygen atoms in total. The van der Waals surface area contributed by atoms with Crippen LogP contribution < -0.4 is 10.0 Å². The van der Waals surface area contributed by atoms with Gasteiger partial charge in [0.2, 0.25) is 15.9 Å². The van der Waals surface area contributed by atoms with E-state index in [9.17, 15) is 18.0 Å². The maximum absolute atomic E-state index is 12.6. The SMILES string of the molecule is Cc1ccc(S(=O)(=O)NC(CC(C)C)C(=O)NC(C)C(C)C(=O)O)cc1. The van der Waals surface area contributed by atoms with Gasteiger partial charge in [0.15, 0.2) is 0 Å². The quantitative estimate of drug-likeness (QED) is 0.602. The van der Waals surface area contributed by atoms with E-state index in [4.69, 9.17) is 5.11 Å². The molecule has 1 rings (SSSR count). The number of carbonyl (C=O) groups is 2. The Labute approximate surface area is 155 Å². The van der Waals surface area contributed by atoms with Crippen molar-refractivity contribution in [3.63, 3.8) is 0 Å². The maximum atomic E-state index is 12.6. The molecule has 0 fully saturated rings. The van der Waals surface area contributed by atoms with Crippen molar-refractivity contribution < 1.29 is 23.1 Å². The molecule has 1 amide bonds. The van der Waals surface area contributed by atoms with Crippen molar-refractivity contribution in [3.8, 4) is 0 Å². The highest BCUT2D eigenvalue weighted by Gasteiger charge is 2.29. The number of hydrogen-bond donors (Lipinski definition) is 3. The third-order valence-corrected chi connectivity index (χ3v) is 5.65. The topological polar surface area (TPSA) is 113 Å². The van der Waals surface area contributed by atoms with E-state index < -0.39 is 39.9 Å². The second kappa shape index (κ2) is 9.14. The van der Waals surface area contributed by atoms with E-state index >= 15 is 0 Å². The van der Waals surface area contributed by atoms with E-state index in [2.05, 4.69) is 10.0 Å². The smallest absolute Gasteiger partial charge is 0.308 e. The van der Waals surface area contributed by atoms with Crippen LogP contribution in [-0.4, -0.2) is 37.5 Å². The van der Waals surface area contributed by atoms with E-state index in [1.165, 1.54) is 19.1 Å². The average molecular weight is 384 g/mol. The number of carbonyl (C=O) groups excluding carboxylic acids is 1. The van der Waals surface area contributed by atoms with Crippen molar-refractivity contribution in [2.24, 2.45) is 11.8 Å². The average Bonchev–Trinajstić information content (AvgIpc) is 2.52. The van der Waals surface area contributed by atoms with Crippen LogP contribution in [-0.2, 0) is 19.6 Å². The molecular weight excluding hydrogens is 356 g/mol. The fourth-order valence-electron chi connectivity index (χ4n) is 2.32. The van der Waals surface area contributed by atoms with Crippen molar-refractivity contribution >= 4 is 21.9 Å². The predicted octanol–water partition coefficient (Wildman–Crippen LogP) is 1.91. The molecular formula is C18H28N2O5S. The summed E-state index contributed by atoms with van der Waals surface area (Å²) in [6, 6.07) is 4.72. The van der Waals surface area contributed by atoms with E-state index in [1.807, 2.05) is 20.8 Å². The molecule has 3 N–H and O–H groups in total. The lowest BCUT2D eigenvalue weighted by Crippen LogP contribution is -2.51. The lowest BCUT2D eigenvalue weighted by Gasteiger charge is -2.24. The Hall–Kier alpha value is -1.93. The van der Waals surface area contributed by atoms with Crippen LogP contribution in [0, 0.1) is 18.8 Å². The number of hydrogen-bond acceptors (Lipinski definition) is 4. The van der Waals surface area contributed by atoms with E-state index in [0.29, 0.717) is 6.42 Å². The summed E-state index contributed by atoms with van der Waals surface area (Å²) in [6.07, 6.45) is 0.297. The first-order valence-corrected chi connectivity index (χ1v) is 10.0. The van der Waals surface area contributed by atoms with Crippen molar-refractivity contribution in [2.45, 2.75) is 58.0 Å². The van der Waals surface area contributed by atoms with Crippen LogP contribution in [0.5, 0.6) is 0 Å².